The van der Waals surface area contributed by atoms with E-state index in [0.29, 0.717) is 16.5 Å². The van der Waals surface area contributed by atoms with Crippen LogP contribution in [0.15, 0.2) is 36.5 Å². The SMILES string of the molecule is COc1ccc(C(N)c2ccc(Cl)cn2)cc1OC. The minimum Gasteiger partial charge on any atom is -0.493 e. The lowest BCUT2D eigenvalue weighted by Crippen LogP contribution is -2.13. The molecule has 1 aromatic heterocycles. The number of aromatic nitrogens is 1. The predicted octanol–water partition coefficient (Wildman–Crippen LogP) is 2.80. The van der Waals surface area contributed by atoms with Gasteiger partial charge in [-0.05, 0) is 29.8 Å². The van der Waals surface area contributed by atoms with Crippen LogP contribution in [0.5, 0.6) is 11.5 Å². The minimum absolute atomic E-state index is 0.336. The zero-order chi connectivity index (χ0) is 13.8. The molecule has 1 unspecified atom stereocenters. The second-order valence-corrected chi connectivity index (χ2v) is 4.43. The van der Waals surface area contributed by atoms with Gasteiger partial charge in [-0.3, -0.25) is 4.98 Å². The highest BCUT2D eigenvalue weighted by molar-refractivity contribution is 6.30. The third kappa shape index (κ3) is 2.97. The van der Waals surface area contributed by atoms with Gasteiger partial charge in [0.05, 0.1) is 31.0 Å². The van der Waals surface area contributed by atoms with Crippen LogP contribution >= 0.6 is 11.6 Å². The normalized spacial score (nSPS) is 12.0. The van der Waals surface area contributed by atoms with Gasteiger partial charge in [-0.25, -0.2) is 0 Å². The molecule has 19 heavy (non-hydrogen) atoms. The summed E-state index contributed by atoms with van der Waals surface area (Å²) < 4.78 is 10.5. The highest BCUT2D eigenvalue weighted by atomic mass is 35.5. The maximum Gasteiger partial charge on any atom is 0.161 e. The van der Waals surface area contributed by atoms with E-state index in [1.165, 1.54) is 0 Å². The Hall–Kier alpha value is -1.78. The van der Waals surface area contributed by atoms with E-state index in [9.17, 15) is 0 Å². The summed E-state index contributed by atoms with van der Waals surface area (Å²) >= 11 is 5.81. The average Bonchev–Trinajstić information content (AvgIpc) is 2.46. The van der Waals surface area contributed by atoms with Gasteiger partial charge < -0.3 is 15.2 Å². The summed E-state index contributed by atoms with van der Waals surface area (Å²) in [6.07, 6.45) is 1.58. The van der Waals surface area contributed by atoms with Crippen LogP contribution in [0.3, 0.4) is 0 Å². The first-order valence-electron chi connectivity index (χ1n) is 5.74. The number of hydrogen-bond donors (Lipinski definition) is 1. The second-order valence-electron chi connectivity index (χ2n) is 3.99. The van der Waals surface area contributed by atoms with E-state index < -0.39 is 0 Å². The van der Waals surface area contributed by atoms with Gasteiger partial charge >= 0.3 is 0 Å². The summed E-state index contributed by atoms with van der Waals surface area (Å²) in [6.45, 7) is 0. The van der Waals surface area contributed by atoms with E-state index in [1.54, 1.807) is 26.5 Å². The summed E-state index contributed by atoms with van der Waals surface area (Å²) in [5, 5.41) is 0.586. The molecule has 1 aromatic carbocycles. The van der Waals surface area contributed by atoms with Crippen molar-refractivity contribution in [2.75, 3.05) is 14.2 Å². The van der Waals surface area contributed by atoms with Crippen molar-refractivity contribution < 1.29 is 9.47 Å². The summed E-state index contributed by atoms with van der Waals surface area (Å²) in [7, 11) is 3.19. The molecule has 0 spiro atoms. The Balaban J connectivity index is 2.33. The van der Waals surface area contributed by atoms with Crippen LogP contribution in [0.1, 0.15) is 17.3 Å². The number of halogens is 1. The van der Waals surface area contributed by atoms with Gasteiger partial charge in [0.2, 0.25) is 0 Å². The molecule has 2 N–H and O–H groups in total. The number of hydrogen-bond acceptors (Lipinski definition) is 4. The largest absolute Gasteiger partial charge is 0.493 e. The lowest BCUT2D eigenvalue weighted by molar-refractivity contribution is 0.354. The molecule has 1 heterocycles. The summed E-state index contributed by atoms with van der Waals surface area (Å²) in [5.74, 6) is 1.31. The third-order valence-corrected chi connectivity index (χ3v) is 3.06. The van der Waals surface area contributed by atoms with E-state index in [4.69, 9.17) is 26.8 Å². The summed E-state index contributed by atoms with van der Waals surface area (Å²) in [5.41, 5.74) is 7.82. The molecule has 4 nitrogen and oxygen atoms in total. The maximum atomic E-state index is 6.18. The lowest BCUT2D eigenvalue weighted by atomic mass is 10.0. The van der Waals surface area contributed by atoms with E-state index in [2.05, 4.69) is 4.98 Å². The van der Waals surface area contributed by atoms with Crippen molar-refractivity contribution in [3.63, 3.8) is 0 Å². The Morgan fingerprint density at radius 1 is 1.11 bits per heavy atom. The standard InChI is InChI=1S/C14H15ClN2O2/c1-18-12-6-3-9(7-13(12)19-2)14(16)11-5-4-10(15)8-17-11/h3-8,14H,16H2,1-2H3. The van der Waals surface area contributed by atoms with Gasteiger partial charge in [-0.15, -0.1) is 0 Å². The first-order chi connectivity index (χ1) is 9.15. The van der Waals surface area contributed by atoms with Gasteiger partial charge in [0.15, 0.2) is 11.5 Å². The number of pyridine rings is 1. The molecule has 2 rings (SSSR count). The first kappa shape index (κ1) is 13.6. The van der Waals surface area contributed by atoms with E-state index in [1.807, 2.05) is 24.3 Å². The van der Waals surface area contributed by atoms with Crippen LogP contribution in [0, 0.1) is 0 Å². The fourth-order valence-corrected chi connectivity index (χ4v) is 1.90. The van der Waals surface area contributed by atoms with Crippen molar-refractivity contribution in [1.29, 1.82) is 0 Å². The molecule has 1 atom stereocenters. The summed E-state index contributed by atoms with van der Waals surface area (Å²) in [6, 6.07) is 8.80. The van der Waals surface area contributed by atoms with Gasteiger partial charge in [0, 0.05) is 6.20 Å². The molecule has 0 fully saturated rings. The molecule has 2 aromatic rings. The third-order valence-electron chi connectivity index (χ3n) is 2.84. The van der Waals surface area contributed by atoms with E-state index in [-0.39, 0.29) is 6.04 Å². The van der Waals surface area contributed by atoms with E-state index in [0.717, 1.165) is 11.3 Å². The maximum absolute atomic E-state index is 6.18. The van der Waals surface area contributed by atoms with Crippen molar-refractivity contribution in [3.05, 3.63) is 52.8 Å². The molecular weight excluding hydrogens is 264 g/mol. The molecule has 0 amide bonds. The highest BCUT2D eigenvalue weighted by Gasteiger charge is 2.13. The molecular formula is C14H15ClN2O2. The Morgan fingerprint density at radius 3 is 2.42 bits per heavy atom. The first-order valence-corrected chi connectivity index (χ1v) is 6.12. The Labute approximate surface area is 117 Å². The minimum atomic E-state index is -0.336. The van der Waals surface area contributed by atoms with Gasteiger partial charge in [0.25, 0.3) is 0 Å². The highest BCUT2D eigenvalue weighted by Crippen LogP contribution is 2.30. The number of rotatable bonds is 4. The number of nitrogens with two attached hydrogens (primary N) is 1. The molecule has 0 saturated heterocycles. The second kappa shape index (κ2) is 5.91. The Bertz CT molecular complexity index is 558. The molecule has 0 bridgehead atoms. The molecule has 0 radical (unpaired) electrons. The predicted molar refractivity (Wildman–Crippen MR) is 74.8 cm³/mol. The number of benzene rings is 1. The van der Waals surface area contributed by atoms with Gasteiger partial charge in [-0.2, -0.15) is 0 Å². The van der Waals surface area contributed by atoms with Crippen LogP contribution in [0.25, 0.3) is 0 Å². The summed E-state index contributed by atoms with van der Waals surface area (Å²) in [4.78, 5) is 4.22. The molecule has 100 valence electrons. The smallest absolute Gasteiger partial charge is 0.161 e. The number of nitrogens with zero attached hydrogens (tertiary/aromatic N) is 1. The van der Waals surface area contributed by atoms with Crippen LogP contribution in [-0.4, -0.2) is 19.2 Å². The van der Waals surface area contributed by atoms with Crippen molar-refractivity contribution in [1.82, 2.24) is 4.98 Å². The molecule has 0 aliphatic heterocycles. The number of methoxy groups -OCH3 is 2. The molecule has 0 aliphatic carbocycles. The molecule has 0 saturated carbocycles. The fourth-order valence-electron chi connectivity index (χ4n) is 1.79. The quantitative estimate of drug-likeness (QED) is 0.934. The van der Waals surface area contributed by atoms with Crippen molar-refractivity contribution in [2.45, 2.75) is 6.04 Å². The van der Waals surface area contributed by atoms with Crippen LogP contribution < -0.4 is 15.2 Å². The number of ether oxygens (including phenoxy) is 2. The van der Waals surface area contributed by atoms with Gasteiger partial charge in [0.1, 0.15) is 0 Å². The van der Waals surface area contributed by atoms with Crippen molar-refractivity contribution in [3.8, 4) is 11.5 Å². The fraction of sp³-hybridized carbons (Fsp3) is 0.214. The Kier molecular flexibility index (Phi) is 4.24. The Morgan fingerprint density at radius 2 is 1.84 bits per heavy atom. The molecule has 0 aliphatic rings. The zero-order valence-corrected chi connectivity index (χ0v) is 11.5. The van der Waals surface area contributed by atoms with E-state index >= 15 is 0 Å². The van der Waals surface area contributed by atoms with Crippen LogP contribution in [-0.2, 0) is 0 Å². The topological polar surface area (TPSA) is 57.4 Å². The zero-order valence-electron chi connectivity index (χ0n) is 10.8. The van der Waals surface area contributed by atoms with Crippen LogP contribution in [0.2, 0.25) is 5.02 Å². The van der Waals surface area contributed by atoms with Crippen molar-refractivity contribution in [2.24, 2.45) is 5.73 Å². The van der Waals surface area contributed by atoms with Gasteiger partial charge in [-0.1, -0.05) is 17.7 Å². The van der Waals surface area contributed by atoms with Crippen molar-refractivity contribution >= 4 is 11.6 Å². The lowest BCUT2D eigenvalue weighted by Gasteiger charge is -2.14. The molecule has 5 heteroatoms. The van der Waals surface area contributed by atoms with Crippen LogP contribution in [0.4, 0.5) is 0 Å². The average molecular weight is 279 g/mol. The monoisotopic (exact) mass is 278 g/mol.